The highest BCUT2D eigenvalue weighted by Crippen LogP contribution is 2.34. The number of hydrogen-bond acceptors (Lipinski definition) is 8. The van der Waals surface area contributed by atoms with Gasteiger partial charge in [-0.25, -0.2) is 18.1 Å². The third kappa shape index (κ3) is 5.13. The lowest BCUT2D eigenvalue weighted by Crippen LogP contribution is -2.27. The van der Waals surface area contributed by atoms with Gasteiger partial charge in [0.25, 0.3) is 15.9 Å². The maximum absolute atomic E-state index is 13.6. The highest BCUT2D eigenvalue weighted by Gasteiger charge is 2.25. The third-order valence-electron chi connectivity index (χ3n) is 6.72. The first-order chi connectivity index (χ1) is 19.0. The zero-order valence-corrected chi connectivity index (χ0v) is 23.5. The van der Waals surface area contributed by atoms with Crippen LogP contribution in [0.3, 0.4) is 0 Å². The Bertz CT molecular complexity index is 1780. The summed E-state index contributed by atoms with van der Waals surface area (Å²) < 4.78 is 42.0. The Labute approximate surface area is 231 Å². The molecule has 0 spiro atoms. The van der Waals surface area contributed by atoms with Crippen molar-refractivity contribution < 1.29 is 22.2 Å². The summed E-state index contributed by atoms with van der Waals surface area (Å²) in [5, 5.41) is 8.15. The van der Waals surface area contributed by atoms with Gasteiger partial charge in [-0.05, 0) is 56.2 Å². The number of oxazole rings is 1. The van der Waals surface area contributed by atoms with Gasteiger partial charge in [-0.15, -0.1) is 0 Å². The molecular formula is C28H28N6O5S. The molecule has 1 amide bonds. The molecule has 0 atom stereocenters. The smallest absolute Gasteiger partial charge is 0.274 e. The lowest BCUT2D eigenvalue weighted by Gasteiger charge is -2.20. The monoisotopic (exact) mass is 560 g/mol. The molecule has 12 heteroatoms. The van der Waals surface area contributed by atoms with Gasteiger partial charge in [-0.2, -0.15) is 5.10 Å². The van der Waals surface area contributed by atoms with Crippen molar-refractivity contribution in [1.29, 1.82) is 0 Å². The van der Waals surface area contributed by atoms with Crippen molar-refractivity contribution in [2.75, 3.05) is 11.8 Å². The molecule has 3 heterocycles. The summed E-state index contributed by atoms with van der Waals surface area (Å²) in [6, 6.07) is 13.8. The van der Waals surface area contributed by atoms with Gasteiger partial charge in [-0.1, -0.05) is 29.4 Å². The van der Waals surface area contributed by atoms with Crippen LogP contribution in [-0.2, 0) is 23.6 Å². The Morgan fingerprint density at radius 2 is 1.85 bits per heavy atom. The van der Waals surface area contributed by atoms with Crippen molar-refractivity contribution in [1.82, 2.24) is 24.8 Å². The molecule has 0 radical (unpaired) electrons. The minimum atomic E-state index is -4.07. The molecule has 0 aliphatic heterocycles. The molecule has 2 aromatic carbocycles. The van der Waals surface area contributed by atoms with E-state index in [1.165, 1.54) is 17.2 Å². The van der Waals surface area contributed by atoms with E-state index in [0.717, 1.165) is 5.69 Å². The van der Waals surface area contributed by atoms with Gasteiger partial charge in [0.15, 0.2) is 5.69 Å². The number of amides is 1. The second-order valence-corrected chi connectivity index (χ2v) is 11.1. The van der Waals surface area contributed by atoms with Gasteiger partial charge in [-0.3, -0.25) is 9.48 Å². The molecule has 0 bridgehead atoms. The molecule has 0 fully saturated rings. The fourth-order valence-corrected chi connectivity index (χ4v) is 5.55. The van der Waals surface area contributed by atoms with Crippen LogP contribution in [0.4, 0.5) is 5.88 Å². The van der Waals surface area contributed by atoms with Crippen LogP contribution >= 0.6 is 0 Å². The highest BCUT2D eigenvalue weighted by atomic mass is 32.2. The topological polar surface area (TPSA) is 136 Å². The maximum Gasteiger partial charge on any atom is 0.274 e. The number of sulfonamides is 1. The van der Waals surface area contributed by atoms with E-state index in [1.807, 2.05) is 13.0 Å². The SMILES string of the molecule is Cc1noc(NS(=O)(=O)c2ccccc2-c2ccc(-c3ncco3)cc2CN(C)C(=O)c2cc(C)n(C)n2)c1C. The van der Waals surface area contributed by atoms with E-state index >= 15 is 0 Å². The number of aromatic nitrogens is 4. The molecule has 0 unspecified atom stereocenters. The predicted octanol–water partition coefficient (Wildman–Crippen LogP) is 4.73. The van der Waals surface area contributed by atoms with Crippen molar-refractivity contribution in [3.8, 4) is 22.6 Å². The van der Waals surface area contributed by atoms with Crippen molar-refractivity contribution in [2.45, 2.75) is 32.2 Å². The number of carbonyl (C=O) groups excluding carboxylic acids is 1. The van der Waals surface area contributed by atoms with Gasteiger partial charge >= 0.3 is 0 Å². The third-order valence-corrected chi connectivity index (χ3v) is 8.11. The zero-order valence-electron chi connectivity index (χ0n) is 22.7. The maximum atomic E-state index is 13.6. The average Bonchev–Trinajstić information content (AvgIpc) is 3.66. The summed E-state index contributed by atoms with van der Waals surface area (Å²) in [5.41, 5.74) is 4.81. The largest absolute Gasteiger partial charge is 0.445 e. The normalized spacial score (nSPS) is 11.5. The lowest BCUT2D eigenvalue weighted by molar-refractivity contribution is 0.0778. The molecule has 0 saturated carbocycles. The molecular weight excluding hydrogens is 532 g/mol. The second-order valence-electron chi connectivity index (χ2n) is 9.49. The summed E-state index contributed by atoms with van der Waals surface area (Å²) in [5.74, 6) is 0.193. The Balaban J connectivity index is 1.58. The van der Waals surface area contributed by atoms with E-state index in [0.29, 0.717) is 45.1 Å². The Morgan fingerprint density at radius 1 is 1.07 bits per heavy atom. The Kier molecular flexibility index (Phi) is 7.03. The molecule has 5 aromatic rings. The second kappa shape index (κ2) is 10.5. The first-order valence-electron chi connectivity index (χ1n) is 12.4. The number of nitrogens with one attached hydrogen (secondary N) is 1. The molecule has 3 aromatic heterocycles. The number of anilines is 1. The lowest BCUT2D eigenvalue weighted by atomic mass is 9.96. The fraction of sp³-hybridized carbons (Fsp3) is 0.214. The fourth-order valence-electron chi connectivity index (χ4n) is 4.29. The summed E-state index contributed by atoms with van der Waals surface area (Å²) in [6.45, 7) is 5.50. The summed E-state index contributed by atoms with van der Waals surface area (Å²) in [6.07, 6.45) is 3.02. The number of benzene rings is 2. The number of carbonyl (C=O) groups is 1. The van der Waals surface area contributed by atoms with E-state index in [4.69, 9.17) is 8.94 Å². The van der Waals surface area contributed by atoms with Crippen molar-refractivity contribution in [3.63, 3.8) is 0 Å². The van der Waals surface area contributed by atoms with Crippen molar-refractivity contribution in [2.24, 2.45) is 7.05 Å². The van der Waals surface area contributed by atoms with Crippen LogP contribution in [0.2, 0.25) is 0 Å². The van der Waals surface area contributed by atoms with E-state index in [1.54, 1.807) is 75.2 Å². The minimum Gasteiger partial charge on any atom is -0.445 e. The van der Waals surface area contributed by atoms with Gasteiger partial charge in [0.1, 0.15) is 6.26 Å². The van der Waals surface area contributed by atoms with Crippen LogP contribution < -0.4 is 4.72 Å². The average molecular weight is 561 g/mol. The van der Waals surface area contributed by atoms with Crippen LogP contribution in [0, 0.1) is 20.8 Å². The molecule has 11 nitrogen and oxygen atoms in total. The van der Waals surface area contributed by atoms with E-state index in [9.17, 15) is 13.2 Å². The molecule has 0 saturated heterocycles. The van der Waals surface area contributed by atoms with Crippen LogP contribution in [0.15, 0.2) is 74.8 Å². The number of rotatable bonds is 8. The van der Waals surface area contributed by atoms with Gasteiger partial charge < -0.3 is 13.8 Å². The standard InChI is InChI=1S/C28H28N6O5S/c1-17-14-24(30-34(17)5)28(35)33(4)16-21-15-20(27-29-12-13-38-27)10-11-22(21)23-8-6-7-9-25(23)40(36,37)32-26-18(2)19(3)31-39-26/h6-15,32H,16H2,1-5H3. The summed E-state index contributed by atoms with van der Waals surface area (Å²) in [7, 11) is -0.620. The van der Waals surface area contributed by atoms with Crippen LogP contribution in [0.1, 0.15) is 33.0 Å². The molecule has 0 aliphatic rings. The predicted molar refractivity (Wildman–Crippen MR) is 148 cm³/mol. The Hall–Kier alpha value is -4.71. The molecule has 0 aliphatic carbocycles. The minimum absolute atomic E-state index is 0.0444. The molecule has 206 valence electrons. The van der Waals surface area contributed by atoms with Crippen LogP contribution in [0.5, 0.6) is 0 Å². The summed E-state index contributed by atoms with van der Waals surface area (Å²) in [4.78, 5) is 19.1. The van der Waals surface area contributed by atoms with E-state index in [-0.39, 0.29) is 23.2 Å². The van der Waals surface area contributed by atoms with E-state index < -0.39 is 10.0 Å². The number of nitrogens with zero attached hydrogens (tertiary/aromatic N) is 5. The zero-order chi connectivity index (χ0) is 28.6. The highest BCUT2D eigenvalue weighted by molar-refractivity contribution is 7.92. The quantitative estimate of drug-likeness (QED) is 0.288. The van der Waals surface area contributed by atoms with Gasteiger partial charge in [0, 0.05) is 43.0 Å². The van der Waals surface area contributed by atoms with E-state index in [2.05, 4.69) is 20.0 Å². The number of hydrogen-bond donors (Lipinski definition) is 1. The first kappa shape index (κ1) is 26.9. The summed E-state index contributed by atoms with van der Waals surface area (Å²) >= 11 is 0. The molecule has 5 rings (SSSR count). The molecule has 40 heavy (non-hydrogen) atoms. The van der Waals surface area contributed by atoms with Crippen molar-refractivity contribution in [3.05, 3.63) is 89.2 Å². The molecule has 1 N–H and O–H groups in total. The van der Waals surface area contributed by atoms with Crippen LogP contribution in [0.25, 0.3) is 22.6 Å². The Morgan fingerprint density at radius 3 is 2.50 bits per heavy atom. The van der Waals surface area contributed by atoms with Crippen LogP contribution in [-0.4, -0.2) is 46.2 Å². The van der Waals surface area contributed by atoms with Gasteiger partial charge in [0.05, 0.1) is 16.8 Å². The first-order valence-corrected chi connectivity index (χ1v) is 13.9. The number of aryl methyl sites for hydroxylation is 3. The van der Waals surface area contributed by atoms with Gasteiger partial charge in [0.2, 0.25) is 11.8 Å². The van der Waals surface area contributed by atoms with Crippen molar-refractivity contribution >= 4 is 21.8 Å².